The minimum Gasteiger partial charge on any atom is -0.364 e. The van der Waals surface area contributed by atoms with Crippen LogP contribution in [0.25, 0.3) is 0 Å². The predicted octanol–water partition coefficient (Wildman–Crippen LogP) is 1.39. The van der Waals surface area contributed by atoms with Crippen molar-refractivity contribution in [3.8, 4) is 0 Å². The van der Waals surface area contributed by atoms with Crippen molar-refractivity contribution in [2.45, 2.75) is 33.2 Å². The SMILES string of the molecule is CCN(C)c1cc(NC(C)(C)CN)nc(C)n1. The van der Waals surface area contributed by atoms with E-state index >= 15 is 0 Å². The first-order chi connectivity index (χ1) is 7.88. The summed E-state index contributed by atoms with van der Waals surface area (Å²) in [5.41, 5.74) is 5.54. The molecule has 1 aromatic heterocycles. The highest BCUT2D eigenvalue weighted by Gasteiger charge is 2.16. The molecule has 96 valence electrons. The van der Waals surface area contributed by atoms with Crippen LogP contribution < -0.4 is 16.0 Å². The highest BCUT2D eigenvalue weighted by atomic mass is 15.2. The van der Waals surface area contributed by atoms with Gasteiger partial charge in [-0.25, -0.2) is 9.97 Å². The van der Waals surface area contributed by atoms with Crippen molar-refractivity contribution in [1.29, 1.82) is 0 Å². The Kier molecular flexibility index (Phi) is 4.28. The summed E-state index contributed by atoms with van der Waals surface area (Å²) in [6.07, 6.45) is 0. The van der Waals surface area contributed by atoms with E-state index < -0.39 is 0 Å². The van der Waals surface area contributed by atoms with Gasteiger partial charge in [0.15, 0.2) is 0 Å². The van der Waals surface area contributed by atoms with Crippen LogP contribution in [0.4, 0.5) is 11.6 Å². The number of anilines is 2. The molecule has 0 aliphatic carbocycles. The van der Waals surface area contributed by atoms with Gasteiger partial charge in [-0.1, -0.05) is 0 Å². The van der Waals surface area contributed by atoms with Crippen LogP contribution in [0.5, 0.6) is 0 Å². The maximum atomic E-state index is 5.70. The summed E-state index contributed by atoms with van der Waals surface area (Å²) in [7, 11) is 2.01. The second kappa shape index (κ2) is 5.31. The number of rotatable bonds is 5. The highest BCUT2D eigenvalue weighted by Crippen LogP contribution is 2.17. The standard InChI is InChI=1S/C12H23N5/c1-6-17(5)11-7-10(14-9(2)15-11)16-12(3,4)8-13/h7H,6,8,13H2,1-5H3,(H,14,15,16). The molecule has 0 saturated carbocycles. The molecular weight excluding hydrogens is 214 g/mol. The second-order valence-electron chi connectivity index (χ2n) is 4.89. The molecule has 0 saturated heterocycles. The van der Waals surface area contributed by atoms with Crippen LogP contribution in [0.15, 0.2) is 6.07 Å². The molecule has 1 aromatic rings. The molecule has 5 nitrogen and oxygen atoms in total. The number of hydrogen-bond acceptors (Lipinski definition) is 5. The van der Waals surface area contributed by atoms with Crippen molar-refractivity contribution in [1.82, 2.24) is 9.97 Å². The summed E-state index contributed by atoms with van der Waals surface area (Å²) in [6, 6.07) is 1.95. The highest BCUT2D eigenvalue weighted by molar-refractivity contribution is 5.50. The quantitative estimate of drug-likeness (QED) is 0.810. The minimum atomic E-state index is -0.164. The molecule has 1 rings (SSSR count). The van der Waals surface area contributed by atoms with Crippen molar-refractivity contribution < 1.29 is 0 Å². The summed E-state index contributed by atoms with van der Waals surface area (Å²) >= 11 is 0. The number of nitrogens with two attached hydrogens (primary N) is 1. The Morgan fingerprint density at radius 1 is 1.41 bits per heavy atom. The largest absolute Gasteiger partial charge is 0.364 e. The second-order valence-corrected chi connectivity index (χ2v) is 4.89. The van der Waals surface area contributed by atoms with E-state index in [4.69, 9.17) is 5.73 Å². The van der Waals surface area contributed by atoms with Gasteiger partial charge in [-0.05, 0) is 27.7 Å². The fourth-order valence-electron chi connectivity index (χ4n) is 1.37. The van der Waals surface area contributed by atoms with Gasteiger partial charge >= 0.3 is 0 Å². The molecule has 0 atom stereocenters. The fraction of sp³-hybridized carbons (Fsp3) is 0.667. The molecule has 0 aromatic carbocycles. The number of aryl methyl sites for hydroxylation is 1. The number of nitrogens with zero attached hydrogens (tertiary/aromatic N) is 3. The molecule has 1 heterocycles. The third kappa shape index (κ3) is 3.85. The summed E-state index contributed by atoms with van der Waals surface area (Å²) in [4.78, 5) is 10.9. The van der Waals surface area contributed by atoms with Gasteiger partial charge in [0.1, 0.15) is 17.5 Å². The van der Waals surface area contributed by atoms with E-state index in [1.54, 1.807) is 0 Å². The number of aromatic nitrogens is 2. The van der Waals surface area contributed by atoms with Gasteiger partial charge in [0.25, 0.3) is 0 Å². The molecule has 0 amide bonds. The Morgan fingerprint density at radius 2 is 2.06 bits per heavy atom. The van der Waals surface area contributed by atoms with Gasteiger partial charge in [0.2, 0.25) is 0 Å². The zero-order valence-corrected chi connectivity index (χ0v) is 11.4. The Morgan fingerprint density at radius 3 is 2.59 bits per heavy atom. The normalized spacial score (nSPS) is 11.4. The molecule has 5 heteroatoms. The molecule has 0 bridgehead atoms. The van der Waals surface area contributed by atoms with E-state index in [0.717, 1.165) is 24.0 Å². The molecule has 0 aliphatic rings. The zero-order chi connectivity index (χ0) is 13.1. The number of nitrogens with one attached hydrogen (secondary N) is 1. The van der Waals surface area contributed by atoms with Crippen LogP contribution in [-0.2, 0) is 0 Å². The first-order valence-corrected chi connectivity index (χ1v) is 5.93. The van der Waals surface area contributed by atoms with Gasteiger partial charge in [-0.15, -0.1) is 0 Å². The van der Waals surface area contributed by atoms with Crippen molar-refractivity contribution in [2.24, 2.45) is 5.73 Å². The molecule has 0 fully saturated rings. The van der Waals surface area contributed by atoms with Crippen LogP contribution in [0.1, 0.15) is 26.6 Å². The zero-order valence-electron chi connectivity index (χ0n) is 11.4. The molecule has 0 spiro atoms. The Hall–Kier alpha value is -1.36. The van der Waals surface area contributed by atoms with E-state index in [9.17, 15) is 0 Å². The summed E-state index contributed by atoms with van der Waals surface area (Å²) < 4.78 is 0. The number of hydrogen-bond donors (Lipinski definition) is 2. The average molecular weight is 237 g/mol. The van der Waals surface area contributed by atoms with E-state index in [-0.39, 0.29) is 5.54 Å². The van der Waals surface area contributed by atoms with Gasteiger partial charge < -0.3 is 16.0 Å². The van der Waals surface area contributed by atoms with Gasteiger partial charge in [0.05, 0.1) is 0 Å². The molecule has 17 heavy (non-hydrogen) atoms. The smallest absolute Gasteiger partial charge is 0.134 e. The van der Waals surface area contributed by atoms with Crippen LogP contribution in [0.2, 0.25) is 0 Å². The predicted molar refractivity (Wildman–Crippen MR) is 72.5 cm³/mol. The van der Waals surface area contributed by atoms with Crippen molar-refractivity contribution in [3.05, 3.63) is 11.9 Å². The topological polar surface area (TPSA) is 67.1 Å². The van der Waals surface area contributed by atoms with E-state index in [0.29, 0.717) is 6.54 Å². The lowest BCUT2D eigenvalue weighted by molar-refractivity contribution is 0.576. The van der Waals surface area contributed by atoms with E-state index in [1.165, 1.54) is 0 Å². The van der Waals surface area contributed by atoms with E-state index in [1.807, 2.05) is 33.9 Å². The monoisotopic (exact) mass is 237 g/mol. The van der Waals surface area contributed by atoms with Crippen LogP contribution in [0.3, 0.4) is 0 Å². The summed E-state index contributed by atoms with van der Waals surface area (Å²) in [5, 5.41) is 3.33. The van der Waals surface area contributed by atoms with Crippen molar-refractivity contribution in [2.75, 3.05) is 30.4 Å². The van der Waals surface area contributed by atoms with Crippen LogP contribution >= 0.6 is 0 Å². The third-order valence-corrected chi connectivity index (χ3v) is 2.67. The molecule has 0 radical (unpaired) electrons. The maximum Gasteiger partial charge on any atom is 0.134 e. The van der Waals surface area contributed by atoms with Crippen molar-refractivity contribution in [3.63, 3.8) is 0 Å². The van der Waals surface area contributed by atoms with Gasteiger partial charge in [-0.3, -0.25) is 0 Å². The van der Waals surface area contributed by atoms with Crippen LogP contribution in [0, 0.1) is 6.92 Å². The lowest BCUT2D eigenvalue weighted by Gasteiger charge is -2.26. The Balaban J connectivity index is 2.97. The molecule has 0 unspecified atom stereocenters. The lowest BCUT2D eigenvalue weighted by Crippen LogP contribution is -2.39. The Bertz CT molecular complexity index is 375. The molecule has 0 aliphatic heterocycles. The summed E-state index contributed by atoms with van der Waals surface area (Å²) in [5.74, 6) is 2.51. The minimum absolute atomic E-state index is 0.164. The summed E-state index contributed by atoms with van der Waals surface area (Å²) in [6.45, 7) is 9.55. The average Bonchev–Trinajstić information content (AvgIpc) is 2.26. The van der Waals surface area contributed by atoms with Gasteiger partial charge in [-0.2, -0.15) is 0 Å². The van der Waals surface area contributed by atoms with Gasteiger partial charge in [0, 0.05) is 31.7 Å². The van der Waals surface area contributed by atoms with Crippen molar-refractivity contribution >= 4 is 11.6 Å². The fourth-order valence-corrected chi connectivity index (χ4v) is 1.37. The maximum absolute atomic E-state index is 5.70. The molecule has 3 N–H and O–H groups in total. The van der Waals surface area contributed by atoms with Crippen LogP contribution in [-0.4, -0.2) is 35.6 Å². The molecular formula is C12H23N5. The van der Waals surface area contributed by atoms with E-state index in [2.05, 4.69) is 27.1 Å². The third-order valence-electron chi connectivity index (χ3n) is 2.67. The first-order valence-electron chi connectivity index (χ1n) is 5.93. The Labute approximate surface area is 103 Å². The first kappa shape index (κ1) is 13.7. The lowest BCUT2D eigenvalue weighted by atomic mass is 10.1.